The van der Waals surface area contributed by atoms with Crippen molar-refractivity contribution in [1.82, 2.24) is 19.4 Å². The highest BCUT2D eigenvalue weighted by atomic mass is 16.2. The Morgan fingerprint density at radius 2 is 2.32 bits per heavy atom. The zero-order valence-corrected chi connectivity index (χ0v) is 13.2. The van der Waals surface area contributed by atoms with Crippen LogP contribution >= 0.6 is 0 Å². The molecule has 1 aliphatic heterocycles. The summed E-state index contributed by atoms with van der Waals surface area (Å²) in [5.74, 6) is 1.71. The van der Waals surface area contributed by atoms with Gasteiger partial charge in [0.05, 0.1) is 0 Å². The number of hydrogen-bond acceptors (Lipinski definition) is 3. The summed E-state index contributed by atoms with van der Waals surface area (Å²) >= 11 is 0. The highest BCUT2D eigenvalue weighted by Gasteiger charge is 2.23. The second-order valence-corrected chi connectivity index (χ2v) is 5.97. The minimum Gasteiger partial charge on any atom is -0.341 e. The fourth-order valence-electron chi connectivity index (χ4n) is 3.16. The molecule has 0 bridgehead atoms. The third kappa shape index (κ3) is 2.89. The quantitative estimate of drug-likeness (QED) is 0.869. The van der Waals surface area contributed by atoms with E-state index in [2.05, 4.69) is 21.5 Å². The third-order valence-corrected chi connectivity index (χ3v) is 4.44. The number of rotatable bonds is 4. The maximum atomic E-state index is 12.7. The molecule has 0 aliphatic carbocycles. The number of fused-ring (bicyclic) bond motifs is 1. The highest BCUT2D eigenvalue weighted by molar-refractivity contribution is 5.95. The van der Waals surface area contributed by atoms with E-state index >= 15 is 0 Å². The second-order valence-electron chi connectivity index (χ2n) is 5.97. The zero-order valence-electron chi connectivity index (χ0n) is 13.2. The molecule has 2 aromatic rings. The molecule has 5 nitrogen and oxygen atoms in total. The van der Waals surface area contributed by atoms with Gasteiger partial charge in [-0.2, -0.15) is 0 Å². The maximum Gasteiger partial charge on any atom is 0.253 e. The van der Waals surface area contributed by atoms with Gasteiger partial charge in [-0.3, -0.25) is 9.78 Å². The molecule has 116 valence electrons. The number of aryl methyl sites for hydroxylation is 2. The highest BCUT2D eigenvalue weighted by Crippen LogP contribution is 2.21. The van der Waals surface area contributed by atoms with Crippen molar-refractivity contribution in [1.29, 1.82) is 0 Å². The number of aromatic nitrogens is 3. The van der Waals surface area contributed by atoms with Crippen LogP contribution in [0.4, 0.5) is 0 Å². The van der Waals surface area contributed by atoms with Crippen LogP contribution in [0.1, 0.15) is 35.1 Å². The number of carbonyl (C=O) groups is 1. The van der Waals surface area contributed by atoms with Crippen LogP contribution in [0.25, 0.3) is 0 Å². The van der Waals surface area contributed by atoms with Crippen LogP contribution in [0.5, 0.6) is 0 Å². The Morgan fingerprint density at radius 1 is 1.45 bits per heavy atom. The van der Waals surface area contributed by atoms with Gasteiger partial charge in [-0.25, -0.2) is 4.98 Å². The number of carbonyl (C=O) groups excluding carboxylic acids is 1. The average molecular weight is 298 g/mol. The molecule has 22 heavy (non-hydrogen) atoms. The van der Waals surface area contributed by atoms with Crippen LogP contribution in [-0.2, 0) is 19.4 Å². The van der Waals surface area contributed by atoms with Gasteiger partial charge >= 0.3 is 0 Å². The molecule has 0 saturated carbocycles. The van der Waals surface area contributed by atoms with Crippen molar-refractivity contribution < 1.29 is 4.79 Å². The lowest BCUT2D eigenvalue weighted by molar-refractivity contribution is 0.0762. The van der Waals surface area contributed by atoms with E-state index < -0.39 is 0 Å². The van der Waals surface area contributed by atoms with E-state index in [0.29, 0.717) is 5.92 Å². The fraction of sp³-hybridized carbons (Fsp3) is 0.471. The lowest BCUT2D eigenvalue weighted by Crippen LogP contribution is -2.35. The number of nitrogens with zero attached hydrogens (tertiary/aromatic N) is 4. The van der Waals surface area contributed by atoms with E-state index in [-0.39, 0.29) is 5.91 Å². The second kappa shape index (κ2) is 6.30. The van der Waals surface area contributed by atoms with E-state index in [0.717, 1.165) is 49.3 Å². The Bertz CT molecular complexity index is 664. The first-order valence-corrected chi connectivity index (χ1v) is 7.87. The summed E-state index contributed by atoms with van der Waals surface area (Å²) < 4.78 is 2.20. The molecule has 1 atom stereocenters. The predicted octanol–water partition coefficient (Wildman–Crippen LogP) is 2.18. The summed E-state index contributed by atoms with van der Waals surface area (Å²) in [4.78, 5) is 23.0. The molecule has 0 N–H and O–H groups in total. The lowest BCUT2D eigenvalue weighted by atomic mass is 9.97. The number of hydrogen-bond donors (Lipinski definition) is 0. The predicted molar refractivity (Wildman–Crippen MR) is 84.6 cm³/mol. The first kappa shape index (κ1) is 14.8. The normalized spacial score (nSPS) is 17.1. The van der Waals surface area contributed by atoms with Crippen molar-refractivity contribution >= 4 is 5.91 Å². The maximum absolute atomic E-state index is 12.7. The van der Waals surface area contributed by atoms with Gasteiger partial charge in [-0.1, -0.05) is 6.92 Å². The number of amides is 1. The Kier molecular flexibility index (Phi) is 4.22. The Morgan fingerprint density at radius 3 is 3.14 bits per heavy atom. The Hall–Kier alpha value is -2.17. The van der Waals surface area contributed by atoms with Gasteiger partial charge in [-0.05, 0) is 30.4 Å². The van der Waals surface area contributed by atoms with Gasteiger partial charge in [0.2, 0.25) is 0 Å². The van der Waals surface area contributed by atoms with Crippen molar-refractivity contribution in [2.45, 2.75) is 32.7 Å². The van der Waals surface area contributed by atoms with Gasteiger partial charge in [0.1, 0.15) is 5.82 Å². The molecular formula is C17H22N4O. The van der Waals surface area contributed by atoms with Gasteiger partial charge in [0.15, 0.2) is 0 Å². The van der Waals surface area contributed by atoms with Gasteiger partial charge in [0.25, 0.3) is 5.91 Å². The Balaban J connectivity index is 1.67. The molecule has 0 unspecified atom stereocenters. The number of pyridine rings is 1. The largest absolute Gasteiger partial charge is 0.341 e. The molecule has 0 aromatic carbocycles. The zero-order chi connectivity index (χ0) is 15.5. The summed E-state index contributed by atoms with van der Waals surface area (Å²) in [6, 6.07) is 1.82. The molecular weight excluding hydrogens is 276 g/mol. The van der Waals surface area contributed by atoms with Gasteiger partial charge in [-0.15, -0.1) is 0 Å². The smallest absolute Gasteiger partial charge is 0.253 e. The van der Waals surface area contributed by atoms with Crippen molar-refractivity contribution in [3.05, 3.63) is 47.8 Å². The van der Waals surface area contributed by atoms with Crippen molar-refractivity contribution in [3.8, 4) is 0 Å². The van der Waals surface area contributed by atoms with E-state index in [1.165, 1.54) is 0 Å². The lowest BCUT2D eigenvalue weighted by Gasteiger charge is -2.28. The molecule has 0 radical (unpaired) electrons. The summed E-state index contributed by atoms with van der Waals surface area (Å²) in [5.41, 5.74) is 1.79. The monoisotopic (exact) mass is 298 g/mol. The van der Waals surface area contributed by atoms with Crippen LogP contribution in [0.2, 0.25) is 0 Å². The third-order valence-electron chi connectivity index (χ3n) is 4.44. The van der Waals surface area contributed by atoms with Crippen LogP contribution in [0, 0.1) is 5.92 Å². The van der Waals surface area contributed by atoms with Crippen molar-refractivity contribution in [2.24, 2.45) is 5.92 Å². The summed E-state index contributed by atoms with van der Waals surface area (Å²) in [5, 5.41) is 0. The standard InChI is InChI=1S/C17H22N4O/c1-3-14-11-18-6-4-15(14)17(22)20(2)12-13-5-8-21-9-7-19-16(21)10-13/h4,6-7,9,11,13H,3,5,8,10,12H2,1-2H3/t13-/m0/s1. The fourth-order valence-corrected chi connectivity index (χ4v) is 3.16. The average Bonchev–Trinajstić information content (AvgIpc) is 3.01. The Labute approximate surface area is 131 Å². The van der Waals surface area contributed by atoms with Crippen LogP contribution in [0.3, 0.4) is 0 Å². The van der Waals surface area contributed by atoms with Crippen molar-refractivity contribution in [2.75, 3.05) is 13.6 Å². The number of imidazole rings is 1. The topological polar surface area (TPSA) is 51.0 Å². The molecule has 1 aliphatic rings. The van der Waals surface area contributed by atoms with Crippen LogP contribution in [0.15, 0.2) is 30.9 Å². The van der Waals surface area contributed by atoms with Gasteiger partial charge in [0, 0.05) is 56.9 Å². The first-order chi connectivity index (χ1) is 10.7. The van der Waals surface area contributed by atoms with Gasteiger partial charge < -0.3 is 9.47 Å². The molecule has 5 heteroatoms. The van der Waals surface area contributed by atoms with E-state index in [4.69, 9.17) is 0 Å². The summed E-state index contributed by atoms with van der Waals surface area (Å²) in [7, 11) is 1.89. The molecule has 1 amide bonds. The SMILES string of the molecule is CCc1cnccc1C(=O)N(C)C[C@H]1CCn2ccnc2C1. The van der Waals surface area contributed by atoms with E-state index in [1.807, 2.05) is 30.4 Å². The molecule has 0 fully saturated rings. The van der Waals surface area contributed by atoms with Crippen LogP contribution < -0.4 is 0 Å². The van der Waals surface area contributed by atoms with E-state index in [9.17, 15) is 4.79 Å². The summed E-state index contributed by atoms with van der Waals surface area (Å²) in [6.45, 7) is 3.82. The summed E-state index contributed by atoms with van der Waals surface area (Å²) in [6.07, 6.45) is 10.2. The molecule has 0 spiro atoms. The molecule has 3 rings (SSSR count). The molecule has 2 aromatic heterocycles. The minimum absolute atomic E-state index is 0.0909. The molecule has 0 saturated heterocycles. The minimum atomic E-state index is 0.0909. The van der Waals surface area contributed by atoms with Crippen LogP contribution in [-0.4, -0.2) is 38.9 Å². The van der Waals surface area contributed by atoms with Crippen molar-refractivity contribution in [3.63, 3.8) is 0 Å². The first-order valence-electron chi connectivity index (χ1n) is 7.87. The van der Waals surface area contributed by atoms with E-state index in [1.54, 1.807) is 12.4 Å². The molecule has 3 heterocycles.